The van der Waals surface area contributed by atoms with Crippen LogP contribution in [-0.2, 0) is 21.3 Å². The Morgan fingerprint density at radius 2 is 1.90 bits per heavy atom. The average Bonchev–Trinajstić information content (AvgIpc) is 3.45. The summed E-state index contributed by atoms with van der Waals surface area (Å²) in [6, 6.07) is 6.28. The van der Waals surface area contributed by atoms with Crippen LogP contribution in [0.4, 0.5) is 0 Å². The molecule has 1 aliphatic carbocycles. The van der Waals surface area contributed by atoms with Crippen molar-refractivity contribution in [1.29, 1.82) is 0 Å². The molecule has 1 saturated heterocycles. The minimum absolute atomic E-state index is 0.0450. The molecule has 1 aromatic heterocycles. The van der Waals surface area contributed by atoms with E-state index in [1.807, 2.05) is 17.8 Å². The van der Waals surface area contributed by atoms with Gasteiger partial charge in [0.1, 0.15) is 0 Å². The summed E-state index contributed by atoms with van der Waals surface area (Å²) in [5.41, 5.74) is 2.08. The zero-order valence-corrected chi connectivity index (χ0v) is 18.8. The first-order valence-corrected chi connectivity index (χ1v) is 12.7. The minimum Gasteiger partial charge on any atom is -0.394 e. The molecule has 1 aromatic carbocycles. The summed E-state index contributed by atoms with van der Waals surface area (Å²) in [6.45, 7) is 2.38. The van der Waals surface area contributed by atoms with E-state index in [2.05, 4.69) is 15.0 Å². The quantitative estimate of drug-likeness (QED) is 0.643. The van der Waals surface area contributed by atoms with Crippen LogP contribution in [0.5, 0.6) is 0 Å². The van der Waals surface area contributed by atoms with Crippen LogP contribution in [0.3, 0.4) is 0 Å². The van der Waals surface area contributed by atoms with Crippen LogP contribution in [-0.4, -0.2) is 53.4 Å². The molecule has 0 amide bonds. The zero-order chi connectivity index (χ0) is 21.8. The van der Waals surface area contributed by atoms with Gasteiger partial charge in [0.05, 0.1) is 35.4 Å². The molecule has 2 aromatic rings. The van der Waals surface area contributed by atoms with Gasteiger partial charge in [-0.05, 0) is 51.2 Å². The molecule has 2 aliphatic rings. The number of ether oxygens (including phenoxy) is 1. The number of rotatable bonds is 8. The Morgan fingerprint density at radius 1 is 1.16 bits per heavy atom. The fourth-order valence-corrected chi connectivity index (χ4v) is 5.87. The molecule has 8 nitrogen and oxygen atoms in total. The van der Waals surface area contributed by atoms with Gasteiger partial charge in [-0.25, -0.2) is 13.1 Å². The SMILES string of the molecule is Cc1ccc(S(=O)(=O)N[C@@H]2CC[C@H](CCn3cc(C4CCCC4)nn3)O[C@H]2CO)cc1. The summed E-state index contributed by atoms with van der Waals surface area (Å²) in [5, 5.41) is 18.4. The molecule has 2 fully saturated rings. The van der Waals surface area contributed by atoms with Gasteiger partial charge in [-0.2, -0.15) is 0 Å². The van der Waals surface area contributed by atoms with E-state index >= 15 is 0 Å². The van der Waals surface area contributed by atoms with Gasteiger partial charge < -0.3 is 9.84 Å². The second-order valence-corrected chi connectivity index (χ2v) is 10.5. The summed E-state index contributed by atoms with van der Waals surface area (Å²) in [5.74, 6) is 0.542. The lowest BCUT2D eigenvalue weighted by molar-refractivity contribution is -0.0891. The molecule has 0 spiro atoms. The molecule has 2 heterocycles. The second-order valence-electron chi connectivity index (χ2n) is 8.77. The number of hydrogen-bond donors (Lipinski definition) is 2. The summed E-state index contributed by atoms with van der Waals surface area (Å²) in [4.78, 5) is 0.223. The van der Waals surface area contributed by atoms with Gasteiger partial charge in [-0.1, -0.05) is 35.8 Å². The van der Waals surface area contributed by atoms with E-state index < -0.39 is 22.2 Å². The maximum atomic E-state index is 12.7. The fourth-order valence-electron chi connectivity index (χ4n) is 4.57. The van der Waals surface area contributed by atoms with E-state index in [0.717, 1.165) is 24.1 Å². The molecule has 1 saturated carbocycles. The standard InChI is InChI=1S/C22H32N4O4S/c1-16-6-9-19(10-7-16)31(28,29)24-20-11-8-18(30-22(20)15-27)12-13-26-14-21(23-25-26)17-4-2-3-5-17/h6-7,9-10,14,17-18,20,22,24,27H,2-5,8,11-13,15H2,1H3/t18-,20-,22+/m1/s1. The number of nitrogens with one attached hydrogen (secondary N) is 1. The molecule has 4 rings (SSSR count). The van der Waals surface area contributed by atoms with Crippen LogP contribution in [0.1, 0.15) is 62.1 Å². The van der Waals surface area contributed by atoms with E-state index in [-0.39, 0.29) is 17.6 Å². The first kappa shape index (κ1) is 22.4. The number of aliphatic hydroxyl groups excluding tert-OH is 1. The molecule has 170 valence electrons. The van der Waals surface area contributed by atoms with Crippen molar-refractivity contribution in [2.45, 2.75) is 87.5 Å². The number of aromatic nitrogens is 3. The van der Waals surface area contributed by atoms with Crippen LogP contribution < -0.4 is 4.72 Å². The zero-order valence-electron chi connectivity index (χ0n) is 18.0. The maximum absolute atomic E-state index is 12.7. The van der Waals surface area contributed by atoms with Crippen LogP contribution in [0.15, 0.2) is 35.4 Å². The van der Waals surface area contributed by atoms with Crippen LogP contribution >= 0.6 is 0 Å². The van der Waals surface area contributed by atoms with Crippen molar-refractivity contribution in [2.24, 2.45) is 0 Å². The third-order valence-electron chi connectivity index (χ3n) is 6.44. The summed E-state index contributed by atoms with van der Waals surface area (Å²) < 4.78 is 36.1. The Hall–Kier alpha value is -1.81. The highest BCUT2D eigenvalue weighted by atomic mass is 32.2. The minimum atomic E-state index is -3.66. The number of benzene rings is 1. The molecule has 0 bridgehead atoms. The van der Waals surface area contributed by atoms with Crippen molar-refractivity contribution >= 4 is 10.0 Å². The predicted octanol–water partition coefficient (Wildman–Crippen LogP) is 2.52. The lowest BCUT2D eigenvalue weighted by Crippen LogP contribution is -2.50. The smallest absolute Gasteiger partial charge is 0.240 e. The van der Waals surface area contributed by atoms with Crippen molar-refractivity contribution in [3.8, 4) is 0 Å². The predicted molar refractivity (Wildman–Crippen MR) is 116 cm³/mol. The Morgan fingerprint density at radius 3 is 2.61 bits per heavy atom. The van der Waals surface area contributed by atoms with Gasteiger partial charge in [-0.3, -0.25) is 4.68 Å². The molecule has 9 heteroatoms. The van der Waals surface area contributed by atoms with Gasteiger partial charge >= 0.3 is 0 Å². The summed E-state index contributed by atoms with van der Waals surface area (Å²) >= 11 is 0. The lowest BCUT2D eigenvalue weighted by atomic mass is 9.98. The second kappa shape index (κ2) is 9.77. The van der Waals surface area contributed by atoms with Gasteiger partial charge in [0.2, 0.25) is 10.0 Å². The van der Waals surface area contributed by atoms with Gasteiger partial charge in [0.15, 0.2) is 0 Å². The molecule has 31 heavy (non-hydrogen) atoms. The van der Waals surface area contributed by atoms with Crippen LogP contribution in [0.2, 0.25) is 0 Å². The number of aliphatic hydroxyl groups is 1. The highest BCUT2D eigenvalue weighted by Gasteiger charge is 2.34. The van der Waals surface area contributed by atoms with Crippen molar-refractivity contribution in [3.63, 3.8) is 0 Å². The maximum Gasteiger partial charge on any atom is 0.240 e. The third-order valence-corrected chi connectivity index (χ3v) is 7.95. The third kappa shape index (κ3) is 5.52. The van der Waals surface area contributed by atoms with E-state index in [0.29, 0.717) is 18.9 Å². The van der Waals surface area contributed by atoms with Gasteiger partial charge in [-0.15, -0.1) is 5.10 Å². The normalized spacial score (nSPS) is 25.2. The van der Waals surface area contributed by atoms with Crippen molar-refractivity contribution in [1.82, 2.24) is 19.7 Å². The molecule has 1 aliphatic heterocycles. The van der Waals surface area contributed by atoms with Crippen LogP contribution in [0.25, 0.3) is 0 Å². The first-order valence-electron chi connectivity index (χ1n) is 11.2. The van der Waals surface area contributed by atoms with Gasteiger partial charge in [0, 0.05) is 18.7 Å². The topological polar surface area (TPSA) is 106 Å². The number of hydrogen-bond acceptors (Lipinski definition) is 6. The Kier molecular flexibility index (Phi) is 7.05. The lowest BCUT2D eigenvalue weighted by Gasteiger charge is -2.36. The Labute approximate surface area is 184 Å². The molecule has 2 N–H and O–H groups in total. The van der Waals surface area contributed by atoms with Gasteiger partial charge in [0.25, 0.3) is 0 Å². The largest absolute Gasteiger partial charge is 0.394 e. The molecule has 0 unspecified atom stereocenters. The molecule has 0 radical (unpaired) electrons. The Bertz CT molecular complexity index is 954. The highest BCUT2D eigenvalue weighted by molar-refractivity contribution is 7.89. The number of sulfonamides is 1. The van der Waals surface area contributed by atoms with Crippen molar-refractivity contribution in [2.75, 3.05) is 6.61 Å². The fraction of sp³-hybridized carbons (Fsp3) is 0.636. The number of aryl methyl sites for hydroxylation is 2. The average molecular weight is 449 g/mol. The highest BCUT2D eigenvalue weighted by Crippen LogP contribution is 2.32. The molecule has 3 atom stereocenters. The monoisotopic (exact) mass is 448 g/mol. The van der Waals surface area contributed by atoms with E-state index in [4.69, 9.17) is 4.74 Å². The van der Waals surface area contributed by atoms with E-state index in [1.54, 1.807) is 24.3 Å². The Balaban J connectivity index is 1.30. The molecular formula is C22H32N4O4S. The van der Waals surface area contributed by atoms with Crippen molar-refractivity contribution in [3.05, 3.63) is 41.7 Å². The van der Waals surface area contributed by atoms with Crippen molar-refractivity contribution < 1.29 is 18.3 Å². The molecular weight excluding hydrogens is 416 g/mol. The first-order chi connectivity index (χ1) is 14.9. The number of nitrogens with zero attached hydrogens (tertiary/aromatic N) is 3. The van der Waals surface area contributed by atoms with E-state index in [1.165, 1.54) is 25.7 Å². The van der Waals surface area contributed by atoms with E-state index in [9.17, 15) is 13.5 Å². The van der Waals surface area contributed by atoms with Crippen LogP contribution in [0, 0.1) is 6.92 Å². The summed E-state index contributed by atoms with van der Waals surface area (Å²) in [6.07, 6.45) is 8.45. The summed E-state index contributed by atoms with van der Waals surface area (Å²) in [7, 11) is -3.66.